The van der Waals surface area contributed by atoms with Gasteiger partial charge in [-0.3, -0.25) is 4.79 Å². The zero-order chi connectivity index (χ0) is 15.2. The molecular formula is C15H21N5O. The predicted octanol–water partition coefficient (Wildman–Crippen LogP) is 1.91. The van der Waals surface area contributed by atoms with Crippen molar-refractivity contribution in [3.63, 3.8) is 0 Å². The Bertz CT molecular complexity index is 590. The first kappa shape index (κ1) is 15.0. The first-order valence-corrected chi connectivity index (χ1v) is 7.03. The quantitative estimate of drug-likeness (QED) is 0.881. The minimum atomic E-state index is -0.0625. The summed E-state index contributed by atoms with van der Waals surface area (Å²) in [5, 5.41) is 3.18. The van der Waals surface area contributed by atoms with Crippen LogP contribution in [0, 0.1) is 0 Å². The first-order valence-electron chi connectivity index (χ1n) is 7.03. The fourth-order valence-electron chi connectivity index (χ4n) is 1.93. The van der Waals surface area contributed by atoms with Crippen LogP contribution in [0.5, 0.6) is 0 Å². The van der Waals surface area contributed by atoms with Crippen molar-refractivity contribution in [2.45, 2.75) is 19.9 Å². The van der Waals surface area contributed by atoms with Gasteiger partial charge in [0.25, 0.3) is 5.91 Å². The highest BCUT2D eigenvalue weighted by Gasteiger charge is 2.14. The van der Waals surface area contributed by atoms with Crippen molar-refractivity contribution in [3.05, 3.63) is 42.1 Å². The predicted molar refractivity (Wildman–Crippen MR) is 82.0 cm³/mol. The number of pyridine rings is 1. The van der Waals surface area contributed by atoms with Crippen molar-refractivity contribution in [2.24, 2.45) is 7.05 Å². The van der Waals surface area contributed by atoms with Crippen molar-refractivity contribution in [1.82, 2.24) is 19.4 Å². The molecule has 0 bridgehead atoms. The summed E-state index contributed by atoms with van der Waals surface area (Å²) in [5.41, 5.74) is 0.578. The largest absolute Gasteiger partial charge is 0.370 e. The Morgan fingerprint density at radius 3 is 2.76 bits per heavy atom. The van der Waals surface area contributed by atoms with Crippen molar-refractivity contribution in [2.75, 3.05) is 18.9 Å². The molecule has 0 saturated heterocycles. The first-order chi connectivity index (χ1) is 10.1. The molecule has 0 aliphatic rings. The molecule has 0 unspecified atom stereocenters. The molecule has 2 aromatic rings. The van der Waals surface area contributed by atoms with E-state index in [2.05, 4.69) is 22.2 Å². The van der Waals surface area contributed by atoms with Crippen LogP contribution in [-0.4, -0.2) is 38.9 Å². The summed E-state index contributed by atoms with van der Waals surface area (Å²) in [7, 11) is 3.68. The standard InChI is InChI=1S/C15H21N5O/c1-4-7-16-13-6-5-12(10-18-13)15(21)20(3)11-14-17-8-9-19(14)2/h5-6,8-10H,4,7,11H2,1-3H3,(H,16,18). The van der Waals surface area contributed by atoms with Gasteiger partial charge in [0, 0.05) is 39.2 Å². The summed E-state index contributed by atoms with van der Waals surface area (Å²) in [6, 6.07) is 3.62. The molecule has 21 heavy (non-hydrogen) atoms. The minimum Gasteiger partial charge on any atom is -0.370 e. The SMILES string of the molecule is CCCNc1ccc(C(=O)N(C)Cc2nccn2C)cn1. The molecule has 6 nitrogen and oxygen atoms in total. The normalized spacial score (nSPS) is 10.4. The Labute approximate surface area is 124 Å². The van der Waals surface area contributed by atoms with Crippen molar-refractivity contribution in [3.8, 4) is 0 Å². The highest BCUT2D eigenvalue weighted by atomic mass is 16.2. The summed E-state index contributed by atoms with van der Waals surface area (Å²) in [5.74, 6) is 1.58. The molecule has 1 amide bonds. The monoisotopic (exact) mass is 287 g/mol. The molecule has 6 heteroatoms. The Kier molecular flexibility index (Phi) is 4.92. The molecular weight excluding hydrogens is 266 g/mol. The van der Waals surface area contributed by atoms with Crippen molar-refractivity contribution < 1.29 is 4.79 Å². The van der Waals surface area contributed by atoms with E-state index in [-0.39, 0.29) is 5.91 Å². The van der Waals surface area contributed by atoms with Crippen LogP contribution in [0.2, 0.25) is 0 Å². The highest BCUT2D eigenvalue weighted by molar-refractivity contribution is 5.93. The maximum atomic E-state index is 12.3. The average Bonchev–Trinajstić information content (AvgIpc) is 2.90. The number of aromatic nitrogens is 3. The topological polar surface area (TPSA) is 63.1 Å². The lowest BCUT2D eigenvalue weighted by atomic mass is 10.2. The Morgan fingerprint density at radius 1 is 1.38 bits per heavy atom. The van der Waals surface area contributed by atoms with E-state index in [0.29, 0.717) is 12.1 Å². The van der Waals surface area contributed by atoms with Gasteiger partial charge in [-0.2, -0.15) is 0 Å². The number of nitrogens with zero attached hydrogens (tertiary/aromatic N) is 4. The lowest BCUT2D eigenvalue weighted by Gasteiger charge is -2.17. The fraction of sp³-hybridized carbons (Fsp3) is 0.400. The van der Waals surface area contributed by atoms with Gasteiger partial charge in [0.15, 0.2) is 0 Å². The Balaban J connectivity index is 2.00. The van der Waals surface area contributed by atoms with E-state index in [9.17, 15) is 4.79 Å². The molecule has 112 valence electrons. The second kappa shape index (κ2) is 6.88. The van der Waals surface area contributed by atoms with Crippen molar-refractivity contribution in [1.29, 1.82) is 0 Å². The van der Waals surface area contributed by atoms with Gasteiger partial charge in [-0.05, 0) is 18.6 Å². The van der Waals surface area contributed by atoms with Gasteiger partial charge in [-0.25, -0.2) is 9.97 Å². The molecule has 0 aliphatic heterocycles. The number of aryl methyl sites for hydroxylation is 1. The summed E-state index contributed by atoms with van der Waals surface area (Å²) in [6.45, 7) is 3.44. The van der Waals surface area contributed by atoms with E-state index in [1.807, 2.05) is 23.9 Å². The molecule has 0 radical (unpaired) electrons. The number of amides is 1. The molecule has 0 fully saturated rings. The summed E-state index contributed by atoms with van der Waals surface area (Å²) < 4.78 is 1.90. The molecule has 2 heterocycles. The Hall–Kier alpha value is -2.37. The summed E-state index contributed by atoms with van der Waals surface area (Å²) >= 11 is 0. The van der Waals surface area contributed by atoms with Gasteiger partial charge in [0.2, 0.25) is 0 Å². The van der Waals surface area contributed by atoms with Crippen LogP contribution in [0.4, 0.5) is 5.82 Å². The van der Waals surface area contributed by atoms with Crippen LogP contribution in [0.15, 0.2) is 30.7 Å². The van der Waals surface area contributed by atoms with Gasteiger partial charge in [0.05, 0.1) is 12.1 Å². The van der Waals surface area contributed by atoms with E-state index in [0.717, 1.165) is 24.6 Å². The van der Waals surface area contributed by atoms with Crippen LogP contribution >= 0.6 is 0 Å². The van der Waals surface area contributed by atoms with E-state index in [1.54, 1.807) is 30.4 Å². The molecule has 0 saturated carbocycles. The fourth-order valence-corrected chi connectivity index (χ4v) is 1.93. The number of carbonyl (C=O) groups excluding carboxylic acids is 1. The number of imidazole rings is 1. The number of carbonyl (C=O) groups is 1. The number of nitrogens with one attached hydrogen (secondary N) is 1. The molecule has 0 atom stereocenters. The molecule has 0 spiro atoms. The van der Waals surface area contributed by atoms with Gasteiger partial charge in [0.1, 0.15) is 11.6 Å². The number of anilines is 1. The second-order valence-electron chi connectivity index (χ2n) is 4.97. The third-order valence-electron chi connectivity index (χ3n) is 3.21. The summed E-state index contributed by atoms with van der Waals surface area (Å²) in [4.78, 5) is 22.5. The van der Waals surface area contributed by atoms with E-state index in [1.165, 1.54) is 0 Å². The van der Waals surface area contributed by atoms with Crippen LogP contribution in [0.3, 0.4) is 0 Å². The zero-order valence-corrected chi connectivity index (χ0v) is 12.7. The molecule has 2 rings (SSSR count). The van der Waals surface area contributed by atoms with Gasteiger partial charge < -0.3 is 14.8 Å². The van der Waals surface area contributed by atoms with E-state index >= 15 is 0 Å². The zero-order valence-electron chi connectivity index (χ0n) is 12.7. The average molecular weight is 287 g/mol. The van der Waals surface area contributed by atoms with Crippen LogP contribution in [-0.2, 0) is 13.6 Å². The number of hydrogen-bond acceptors (Lipinski definition) is 4. The third-order valence-corrected chi connectivity index (χ3v) is 3.21. The van der Waals surface area contributed by atoms with Crippen molar-refractivity contribution >= 4 is 11.7 Å². The smallest absolute Gasteiger partial charge is 0.255 e. The third kappa shape index (κ3) is 3.81. The lowest BCUT2D eigenvalue weighted by Crippen LogP contribution is -2.27. The Morgan fingerprint density at radius 2 is 2.19 bits per heavy atom. The van der Waals surface area contributed by atoms with Gasteiger partial charge in [-0.1, -0.05) is 6.92 Å². The number of rotatable bonds is 6. The van der Waals surface area contributed by atoms with Crippen LogP contribution < -0.4 is 5.32 Å². The van der Waals surface area contributed by atoms with Gasteiger partial charge >= 0.3 is 0 Å². The lowest BCUT2D eigenvalue weighted by molar-refractivity contribution is 0.0780. The van der Waals surface area contributed by atoms with Crippen LogP contribution in [0.25, 0.3) is 0 Å². The molecule has 1 N–H and O–H groups in total. The highest BCUT2D eigenvalue weighted by Crippen LogP contribution is 2.09. The second-order valence-corrected chi connectivity index (χ2v) is 4.97. The molecule has 2 aromatic heterocycles. The number of hydrogen-bond donors (Lipinski definition) is 1. The minimum absolute atomic E-state index is 0.0625. The van der Waals surface area contributed by atoms with Gasteiger partial charge in [-0.15, -0.1) is 0 Å². The van der Waals surface area contributed by atoms with Crippen LogP contribution in [0.1, 0.15) is 29.5 Å². The van der Waals surface area contributed by atoms with E-state index < -0.39 is 0 Å². The summed E-state index contributed by atoms with van der Waals surface area (Å²) in [6.07, 6.45) is 6.23. The molecule has 0 aromatic carbocycles. The maximum Gasteiger partial charge on any atom is 0.255 e. The van der Waals surface area contributed by atoms with E-state index in [4.69, 9.17) is 0 Å². The maximum absolute atomic E-state index is 12.3. The molecule has 0 aliphatic carbocycles.